The van der Waals surface area contributed by atoms with Gasteiger partial charge in [0.15, 0.2) is 23.0 Å². The summed E-state index contributed by atoms with van der Waals surface area (Å²) in [6, 6.07) is 3.55. The minimum atomic E-state index is -5.15. The number of carbonyl (C=O) groups is 2. The summed E-state index contributed by atoms with van der Waals surface area (Å²) in [7, 11) is 4.17. The van der Waals surface area contributed by atoms with Crippen LogP contribution in [0.4, 0.5) is 13.2 Å². The predicted molar refractivity (Wildman–Crippen MR) is 112 cm³/mol. The van der Waals surface area contributed by atoms with Gasteiger partial charge in [-0.25, -0.2) is 0 Å². The Labute approximate surface area is 192 Å². The van der Waals surface area contributed by atoms with Crippen molar-refractivity contribution in [1.29, 1.82) is 0 Å². The fourth-order valence-corrected chi connectivity index (χ4v) is 4.73. The molecule has 8 nitrogen and oxygen atoms in total. The fourth-order valence-electron chi connectivity index (χ4n) is 4.73. The van der Waals surface area contributed by atoms with Crippen LogP contribution in [0.25, 0.3) is 11.1 Å². The number of hydrogen-bond donors (Lipinski definition) is 1. The molecule has 0 spiro atoms. The standard InChI is InChI=1S/C23H22F3NO7/c1-10(28)34-18-9-27(22(30)23(24,25)26)14-5-11-6-15(31-2)16(32-3)7-12(11)20-19(14)13(18)8-17(33-4)21(20)29/h6-8,14,18,29H,5,9H2,1-4H3/t14-,18+/m0/s1. The van der Waals surface area contributed by atoms with Crippen LogP contribution in [0.1, 0.15) is 35.8 Å². The van der Waals surface area contributed by atoms with Gasteiger partial charge in [-0.05, 0) is 41.3 Å². The highest BCUT2D eigenvalue weighted by Crippen LogP contribution is 2.56. The number of halogens is 3. The molecule has 11 heteroatoms. The maximum atomic E-state index is 13.5. The van der Waals surface area contributed by atoms with Crippen molar-refractivity contribution in [3.63, 3.8) is 0 Å². The van der Waals surface area contributed by atoms with E-state index in [0.29, 0.717) is 33.1 Å². The number of aromatic hydroxyl groups is 1. The second-order valence-corrected chi connectivity index (χ2v) is 7.94. The lowest BCUT2D eigenvalue weighted by Crippen LogP contribution is -2.49. The van der Waals surface area contributed by atoms with E-state index in [-0.39, 0.29) is 29.0 Å². The number of fused-ring (bicyclic) bond motifs is 2. The molecule has 0 fully saturated rings. The highest BCUT2D eigenvalue weighted by molar-refractivity contribution is 5.88. The Morgan fingerprint density at radius 2 is 1.65 bits per heavy atom. The molecule has 0 aromatic heterocycles. The van der Waals surface area contributed by atoms with Crippen LogP contribution in [0.5, 0.6) is 23.0 Å². The summed E-state index contributed by atoms with van der Waals surface area (Å²) >= 11 is 0. The summed E-state index contributed by atoms with van der Waals surface area (Å²) < 4.78 is 61.9. The molecule has 2 aliphatic rings. The van der Waals surface area contributed by atoms with Gasteiger partial charge in [-0.3, -0.25) is 9.59 Å². The van der Waals surface area contributed by atoms with Gasteiger partial charge in [-0.2, -0.15) is 13.2 Å². The third-order valence-electron chi connectivity index (χ3n) is 6.08. The Balaban J connectivity index is 2.05. The van der Waals surface area contributed by atoms with Crippen LogP contribution in [0.15, 0.2) is 18.2 Å². The SMILES string of the molecule is COc1cc2c(cc1OC)-c1c(O)c(OC)cc3c1[C@H](C2)N(C(=O)C(F)(F)F)C[C@H]3OC(C)=O. The van der Waals surface area contributed by atoms with Crippen LogP contribution in [0, 0.1) is 0 Å². The first kappa shape index (κ1) is 23.5. The number of ether oxygens (including phenoxy) is 4. The second kappa shape index (κ2) is 8.30. The Hall–Kier alpha value is -3.63. The highest BCUT2D eigenvalue weighted by Gasteiger charge is 2.50. The third kappa shape index (κ3) is 3.64. The lowest BCUT2D eigenvalue weighted by atomic mass is 9.75. The molecule has 0 radical (unpaired) electrons. The zero-order valence-electron chi connectivity index (χ0n) is 18.8. The van der Waals surface area contributed by atoms with Crippen molar-refractivity contribution in [1.82, 2.24) is 4.90 Å². The molecule has 182 valence electrons. The lowest BCUT2D eigenvalue weighted by Gasteiger charge is -2.44. The van der Waals surface area contributed by atoms with Crippen LogP contribution >= 0.6 is 0 Å². The number of methoxy groups -OCH3 is 3. The molecule has 0 saturated carbocycles. The number of phenolic OH excluding ortho intramolecular Hbond substituents is 1. The van der Waals surface area contributed by atoms with Gasteiger partial charge in [0.2, 0.25) is 0 Å². The van der Waals surface area contributed by atoms with E-state index in [1.54, 1.807) is 12.1 Å². The number of hydrogen-bond acceptors (Lipinski definition) is 7. The van der Waals surface area contributed by atoms with E-state index in [4.69, 9.17) is 18.9 Å². The Kier molecular flexibility index (Phi) is 5.74. The van der Waals surface area contributed by atoms with Crippen molar-refractivity contribution >= 4 is 11.9 Å². The van der Waals surface area contributed by atoms with E-state index in [1.807, 2.05) is 0 Å². The zero-order chi connectivity index (χ0) is 24.9. The maximum Gasteiger partial charge on any atom is 0.471 e. The van der Waals surface area contributed by atoms with Crippen molar-refractivity contribution in [2.75, 3.05) is 27.9 Å². The van der Waals surface area contributed by atoms with E-state index in [2.05, 4.69) is 0 Å². The Morgan fingerprint density at radius 1 is 1.03 bits per heavy atom. The quantitative estimate of drug-likeness (QED) is 0.666. The van der Waals surface area contributed by atoms with Crippen LogP contribution in [0.3, 0.4) is 0 Å². The zero-order valence-corrected chi connectivity index (χ0v) is 18.8. The number of amides is 1. The van der Waals surface area contributed by atoms with Gasteiger partial charge in [0.05, 0.1) is 33.9 Å². The molecule has 0 bridgehead atoms. The van der Waals surface area contributed by atoms with E-state index in [0.717, 1.165) is 6.92 Å². The number of benzene rings is 2. The summed E-state index contributed by atoms with van der Waals surface area (Å²) in [6.45, 7) is 0.615. The first-order valence-corrected chi connectivity index (χ1v) is 10.3. The molecule has 1 amide bonds. The van der Waals surface area contributed by atoms with Crippen molar-refractivity contribution < 1.29 is 46.8 Å². The van der Waals surface area contributed by atoms with E-state index in [1.165, 1.54) is 27.4 Å². The largest absolute Gasteiger partial charge is 0.504 e. The van der Waals surface area contributed by atoms with E-state index < -0.39 is 36.7 Å². The van der Waals surface area contributed by atoms with Gasteiger partial charge in [-0.15, -0.1) is 0 Å². The van der Waals surface area contributed by atoms with E-state index in [9.17, 15) is 27.9 Å². The fraction of sp³-hybridized carbons (Fsp3) is 0.391. The van der Waals surface area contributed by atoms with Gasteiger partial charge in [-0.1, -0.05) is 0 Å². The molecule has 1 heterocycles. The molecule has 1 N–H and O–H groups in total. The lowest BCUT2D eigenvalue weighted by molar-refractivity contribution is -0.191. The number of carbonyl (C=O) groups excluding carboxylic acids is 2. The average molecular weight is 481 g/mol. The molecule has 2 aromatic carbocycles. The summed E-state index contributed by atoms with van der Waals surface area (Å²) in [5, 5.41) is 11.1. The highest BCUT2D eigenvalue weighted by atomic mass is 19.4. The van der Waals surface area contributed by atoms with Crippen molar-refractivity contribution in [2.45, 2.75) is 31.7 Å². The summed E-state index contributed by atoms with van der Waals surface area (Å²) in [6.07, 6.45) is -6.33. The van der Waals surface area contributed by atoms with E-state index >= 15 is 0 Å². The van der Waals surface area contributed by atoms with Gasteiger partial charge in [0.1, 0.15) is 6.10 Å². The van der Waals surface area contributed by atoms with Crippen LogP contribution in [-0.4, -0.2) is 55.9 Å². The maximum absolute atomic E-state index is 13.5. The topological polar surface area (TPSA) is 94.5 Å². The summed E-state index contributed by atoms with van der Waals surface area (Å²) in [5.74, 6) is -2.39. The van der Waals surface area contributed by atoms with Gasteiger partial charge < -0.3 is 29.0 Å². The first-order chi connectivity index (χ1) is 16.0. The summed E-state index contributed by atoms with van der Waals surface area (Å²) in [4.78, 5) is 24.8. The van der Waals surface area contributed by atoms with Crippen molar-refractivity contribution in [3.8, 4) is 34.1 Å². The summed E-state index contributed by atoms with van der Waals surface area (Å²) in [5.41, 5.74) is 1.81. The Morgan fingerprint density at radius 3 is 2.21 bits per heavy atom. The average Bonchev–Trinajstić information content (AvgIpc) is 2.78. The number of nitrogens with zero attached hydrogens (tertiary/aromatic N) is 1. The molecule has 1 aliphatic heterocycles. The van der Waals surface area contributed by atoms with Gasteiger partial charge >= 0.3 is 18.1 Å². The van der Waals surface area contributed by atoms with Crippen molar-refractivity contribution in [2.24, 2.45) is 0 Å². The molecule has 2 atom stereocenters. The molecular formula is C23H22F3NO7. The van der Waals surface area contributed by atoms with Crippen LogP contribution < -0.4 is 14.2 Å². The normalized spacial score (nSPS) is 18.5. The number of esters is 1. The minimum absolute atomic E-state index is 0.00999. The van der Waals surface area contributed by atoms with Gasteiger partial charge in [0.25, 0.3) is 0 Å². The number of alkyl halides is 3. The molecule has 4 rings (SSSR count). The Bertz CT molecular complexity index is 1180. The molecule has 0 saturated heterocycles. The monoisotopic (exact) mass is 481 g/mol. The molecule has 1 aliphatic carbocycles. The minimum Gasteiger partial charge on any atom is -0.504 e. The molecule has 2 aromatic rings. The third-order valence-corrected chi connectivity index (χ3v) is 6.08. The predicted octanol–water partition coefficient (Wildman–Crippen LogP) is 3.69. The van der Waals surface area contributed by atoms with Crippen LogP contribution in [-0.2, 0) is 20.7 Å². The van der Waals surface area contributed by atoms with Gasteiger partial charge in [0, 0.05) is 18.1 Å². The molecular weight excluding hydrogens is 459 g/mol. The first-order valence-electron chi connectivity index (χ1n) is 10.3. The molecule has 34 heavy (non-hydrogen) atoms. The second-order valence-electron chi connectivity index (χ2n) is 7.94. The number of rotatable bonds is 4. The smallest absolute Gasteiger partial charge is 0.471 e. The molecule has 0 unspecified atom stereocenters. The number of phenols is 1. The van der Waals surface area contributed by atoms with Crippen molar-refractivity contribution in [3.05, 3.63) is 34.9 Å². The van der Waals surface area contributed by atoms with Crippen LogP contribution in [0.2, 0.25) is 0 Å².